The zero-order chi connectivity index (χ0) is 20.0. The van der Waals surface area contributed by atoms with Crippen molar-refractivity contribution >= 4 is 12.0 Å². The smallest absolute Gasteiger partial charge is 0.150 e. The number of benzene rings is 3. The fourth-order valence-corrected chi connectivity index (χ4v) is 5.01. The van der Waals surface area contributed by atoms with Gasteiger partial charge in [-0.15, -0.1) is 0 Å². The van der Waals surface area contributed by atoms with Crippen LogP contribution >= 0.6 is 0 Å². The van der Waals surface area contributed by atoms with Crippen LogP contribution in [-0.2, 0) is 5.41 Å². The number of hydrogen-bond acceptors (Lipinski definition) is 2. The third-order valence-corrected chi connectivity index (χ3v) is 6.76. The molecule has 0 amide bonds. The van der Waals surface area contributed by atoms with Crippen LogP contribution in [0.25, 0.3) is 22.3 Å². The minimum Gasteiger partial charge on any atom is -0.372 e. The average molecular weight is 382 g/mol. The summed E-state index contributed by atoms with van der Waals surface area (Å²) >= 11 is 0. The molecule has 3 aromatic rings. The Bertz CT molecular complexity index is 1070. The fraction of sp³-hybridized carbons (Fsp3) is 0.296. The highest BCUT2D eigenvalue weighted by Gasteiger charge is 2.36. The van der Waals surface area contributed by atoms with Crippen LogP contribution in [0, 0.1) is 0 Å². The minimum atomic E-state index is -0.0186. The molecule has 0 bridgehead atoms. The standard InChI is InChI=1S/C27H27NO/c1-27(2)25-16-21(20-8-6-19(18-29)7-9-20)10-12-23(25)24-13-11-22(17-26(24)27)28-14-4-3-5-15-28/h6-13,16-18H,3-5,14-15H2,1-2H3. The van der Waals surface area contributed by atoms with Gasteiger partial charge in [-0.25, -0.2) is 0 Å². The Labute approximate surface area is 173 Å². The molecule has 0 atom stereocenters. The predicted molar refractivity (Wildman–Crippen MR) is 121 cm³/mol. The number of anilines is 1. The first-order valence-electron chi connectivity index (χ1n) is 10.7. The number of rotatable bonds is 3. The van der Waals surface area contributed by atoms with Gasteiger partial charge in [0, 0.05) is 29.8 Å². The van der Waals surface area contributed by atoms with Gasteiger partial charge in [0.05, 0.1) is 0 Å². The van der Waals surface area contributed by atoms with Gasteiger partial charge in [0.15, 0.2) is 0 Å². The third kappa shape index (κ3) is 2.98. The van der Waals surface area contributed by atoms with Crippen LogP contribution in [0.3, 0.4) is 0 Å². The number of hydrogen-bond donors (Lipinski definition) is 0. The van der Waals surface area contributed by atoms with Gasteiger partial charge in [-0.2, -0.15) is 0 Å². The molecule has 1 fully saturated rings. The molecule has 0 N–H and O–H groups in total. The summed E-state index contributed by atoms with van der Waals surface area (Å²) in [5.41, 5.74) is 9.97. The van der Waals surface area contributed by atoms with E-state index in [0.717, 1.165) is 11.8 Å². The topological polar surface area (TPSA) is 20.3 Å². The molecule has 2 heteroatoms. The highest BCUT2D eigenvalue weighted by molar-refractivity contribution is 5.85. The van der Waals surface area contributed by atoms with Crippen LogP contribution in [0.15, 0.2) is 60.7 Å². The van der Waals surface area contributed by atoms with Crippen molar-refractivity contribution in [2.75, 3.05) is 18.0 Å². The Morgan fingerprint density at radius 3 is 2.07 bits per heavy atom. The molecule has 1 saturated heterocycles. The van der Waals surface area contributed by atoms with Crippen LogP contribution in [0.4, 0.5) is 5.69 Å². The largest absolute Gasteiger partial charge is 0.372 e. The molecular weight excluding hydrogens is 354 g/mol. The van der Waals surface area contributed by atoms with Crippen molar-refractivity contribution in [1.82, 2.24) is 0 Å². The lowest BCUT2D eigenvalue weighted by molar-refractivity contribution is 0.112. The van der Waals surface area contributed by atoms with Crippen LogP contribution in [0.1, 0.15) is 54.6 Å². The van der Waals surface area contributed by atoms with Crippen LogP contribution in [0.2, 0.25) is 0 Å². The number of aldehydes is 1. The molecule has 29 heavy (non-hydrogen) atoms. The lowest BCUT2D eigenvalue weighted by atomic mass is 9.81. The van der Waals surface area contributed by atoms with Gasteiger partial charge in [0.1, 0.15) is 6.29 Å². The Hall–Kier alpha value is -2.87. The summed E-state index contributed by atoms with van der Waals surface area (Å²) in [5, 5.41) is 0. The molecule has 2 nitrogen and oxygen atoms in total. The van der Waals surface area contributed by atoms with E-state index in [9.17, 15) is 4.79 Å². The molecule has 5 rings (SSSR count). The van der Waals surface area contributed by atoms with E-state index in [1.54, 1.807) is 0 Å². The summed E-state index contributed by atoms with van der Waals surface area (Å²) in [6.45, 7) is 7.04. The number of carbonyl (C=O) groups excluding carboxylic acids is 1. The second-order valence-electron chi connectivity index (χ2n) is 8.90. The van der Waals surface area contributed by atoms with Gasteiger partial charge in [-0.05, 0) is 70.8 Å². The Morgan fingerprint density at radius 1 is 0.759 bits per heavy atom. The molecule has 0 saturated carbocycles. The monoisotopic (exact) mass is 381 g/mol. The molecule has 0 aromatic heterocycles. The number of carbonyl (C=O) groups is 1. The highest BCUT2D eigenvalue weighted by atomic mass is 16.1. The van der Waals surface area contributed by atoms with Crippen molar-refractivity contribution in [3.05, 3.63) is 77.4 Å². The van der Waals surface area contributed by atoms with Crippen LogP contribution < -0.4 is 4.90 Å². The van der Waals surface area contributed by atoms with E-state index >= 15 is 0 Å². The van der Waals surface area contributed by atoms with E-state index in [1.165, 1.54) is 65.9 Å². The van der Waals surface area contributed by atoms with E-state index in [4.69, 9.17) is 0 Å². The summed E-state index contributed by atoms with van der Waals surface area (Å²) in [7, 11) is 0. The van der Waals surface area contributed by atoms with Crippen molar-refractivity contribution in [1.29, 1.82) is 0 Å². The average Bonchev–Trinajstić information content (AvgIpc) is 3.00. The van der Waals surface area contributed by atoms with Crippen molar-refractivity contribution in [3.8, 4) is 22.3 Å². The Balaban J connectivity index is 1.55. The quantitative estimate of drug-likeness (QED) is 0.485. The van der Waals surface area contributed by atoms with E-state index in [2.05, 4.69) is 55.1 Å². The molecule has 2 aliphatic rings. The maximum absolute atomic E-state index is 11.0. The highest BCUT2D eigenvalue weighted by Crippen LogP contribution is 2.50. The third-order valence-electron chi connectivity index (χ3n) is 6.76. The van der Waals surface area contributed by atoms with Gasteiger partial charge < -0.3 is 4.90 Å². The van der Waals surface area contributed by atoms with Gasteiger partial charge in [-0.1, -0.05) is 56.3 Å². The lowest BCUT2D eigenvalue weighted by Gasteiger charge is -2.30. The van der Waals surface area contributed by atoms with E-state index in [0.29, 0.717) is 5.56 Å². The second kappa shape index (κ2) is 6.88. The van der Waals surface area contributed by atoms with E-state index in [-0.39, 0.29) is 5.41 Å². The van der Waals surface area contributed by atoms with Gasteiger partial charge in [0.25, 0.3) is 0 Å². The lowest BCUT2D eigenvalue weighted by Crippen LogP contribution is -2.29. The maximum Gasteiger partial charge on any atom is 0.150 e. The second-order valence-corrected chi connectivity index (χ2v) is 8.90. The zero-order valence-electron chi connectivity index (χ0n) is 17.2. The SMILES string of the molecule is CC1(C)c2cc(-c3ccc(C=O)cc3)ccc2-c2ccc(N3CCCCC3)cc21. The first kappa shape index (κ1) is 18.2. The van der Waals surface area contributed by atoms with Crippen molar-refractivity contribution in [2.24, 2.45) is 0 Å². The number of piperidine rings is 1. The molecule has 1 heterocycles. The first-order valence-corrected chi connectivity index (χ1v) is 10.7. The summed E-state index contributed by atoms with van der Waals surface area (Å²) in [4.78, 5) is 13.5. The number of fused-ring (bicyclic) bond motifs is 3. The Morgan fingerprint density at radius 2 is 1.38 bits per heavy atom. The maximum atomic E-state index is 11.0. The molecular formula is C27H27NO. The van der Waals surface area contributed by atoms with Gasteiger partial charge in [-0.3, -0.25) is 4.79 Å². The first-order chi connectivity index (χ1) is 14.1. The minimum absolute atomic E-state index is 0.0186. The van der Waals surface area contributed by atoms with Gasteiger partial charge >= 0.3 is 0 Å². The molecule has 0 radical (unpaired) electrons. The van der Waals surface area contributed by atoms with Crippen LogP contribution in [-0.4, -0.2) is 19.4 Å². The molecule has 0 spiro atoms. The summed E-state index contributed by atoms with van der Waals surface area (Å²) in [6, 6.07) is 21.7. The zero-order valence-corrected chi connectivity index (χ0v) is 17.2. The molecule has 1 aliphatic carbocycles. The summed E-state index contributed by atoms with van der Waals surface area (Å²) < 4.78 is 0. The molecule has 3 aromatic carbocycles. The Kier molecular flexibility index (Phi) is 4.31. The molecule has 146 valence electrons. The number of nitrogens with zero attached hydrogens (tertiary/aromatic N) is 1. The summed E-state index contributed by atoms with van der Waals surface area (Å²) in [5.74, 6) is 0. The van der Waals surface area contributed by atoms with Crippen LogP contribution in [0.5, 0.6) is 0 Å². The predicted octanol–water partition coefficient (Wildman–Crippen LogP) is 6.46. The molecule has 1 aliphatic heterocycles. The van der Waals surface area contributed by atoms with Crippen molar-refractivity contribution < 1.29 is 4.79 Å². The fourth-order valence-electron chi connectivity index (χ4n) is 5.01. The normalized spacial score (nSPS) is 17.0. The van der Waals surface area contributed by atoms with E-state index < -0.39 is 0 Å². The molecule has 0 unspecified atom stereocenters. The van der Waals surface area contributed by atoms with Crippen molar-refractivity contribution in [2.45, 2.75) is 38.5 Å². The summed E-state index contributed by atoms with van der Waals surface area (Å²) in [6.07, 6.45) is 4.85. The van der Waals surface area contributed by atoms with Gasteiger partial charge in [0.2, 0.25) is 0 Å². The van der Waals surface area contributed by atoms with E-state index in [1.807, 2.05) is 24.3 Å². The van der Waals surface area contributed by atoms with Crippen molar-refractivity contribution in [3.63, 3.8) is 0 Å².